The van der Waals surface area contributed by atoms with Crippen LogP contribution in [-0.2, 0) is 11.0 Å². The van der Waals surface area contributed by atoms with Crippen molar-refractivity contribution in [3.63, 3.8) is 0 Å². The molecule has 3 rings (SSSR count). The molecule has 37 heavy (non-hydrogen) atoms. The molecule has 0 saturated heterocycles. The highest BCUT2D eigenvalue weighted by Gasteiger charge is 2.33. The summed E-state index contributed by atoms with van der Waals surface area (Å²) in [4.78, 5) is 23.9. The second-order valence-electron chi connectivity index (χ2n) is 10.2. The Morgan fingerprint density at radius 1 is 1.11 bits per heavy atom. The van der Waals surface area contributed by atoms with Gasteiger partial charge in [0.05, 0.1) is 11.3 Å². The number of anilines is 2. The third-order valence-electron chi connectivity index (χ3n) is 7.33. The van der Waals surface area contributed by atoms with Crippen molar-refractivity contribution >= 4 is 17.5 Å². The Morgan fingerprint density at radius 3 is 2.46 bits per heavy atom. The number of amides is 1. The molecule has 1 aliphatic carbocycles. The van der Waals surface area contributed by atoms with Crippen LogP contribution >= 0.6 is 0 Å². The molecule has 0 aliphatic heterocycles. The van der Waals surface area contributed by atoms with Crippen LogP contribution in [0.2, 0.25) is 0 Å². The van der Waals surface area contributed by atoms with E-state index >= 15 is 0 Å². The number of rotatable bonds is 13. The minimum atomic E-state index is -4.50. The lowest BCUT2D eigenvalue weighted by Crippen LogP contribution is -2.29. The van der Waals surface area contributed by atoms with E-state index in [1.807, 2.05) is 25.7 Å². The molecule has 1 N–H and O–H groups in total. The van der Waals surface area contributed by atoms with Gasteiger partial charge in [-0.05, 0) is 56.2 Å². The highest BCUT2D eigenvalue weighted by molar-refractivity contribution is 5.94. The van der Waals surface area contributed by atoms with Gasteiger partial charge in [-0.3, -0.25) is 4.79 Å². The molecule has 5 nitrogen and oxygen atoms in total. The maximum absolute atomic E-state index is 14.1. The van der Waals surface area contributed by atoms with Gasteiger partial charge in [0.2, 0.25) is 5.91 Å². The first-order valence-corrected chi connectivity index (χ1v) is 13.8. The number of carbonyl (C=O) groups is 1. The van der Waals surface area contributed by atoms with E-state index in [9.17, 15) is 18.0 Å². The maximum Gasteiger partial charge on any atom is 0.416 e. The number of hydrogen-bond donors (Lipinski definition) is 1. The zero-order valence-electron chi connectivity index (χ0n) is 22.6. The molecule has 0 bridgehead atoms. The van der Waals surface area contributed by atoms with Crippen molar-refractivity contribution in [1.82, 2.24) is 9.97 Å². The Morgan fingerprint density at radius 2 is 1.86 bits per heavy atom. The largest absolute Gasteiger partial charge is 0.416 e. The van der Waals surface area contributed by atoms with Crippen molar-refractivity contribution in [2.45, 2.75) is 97.6 Å². The lowest BCUT2D eigenvalue weighted by Gasteiger charge is -2.27. The average molecular weight is 519 g/mol. The Kier molecular flexibility index (Phi) is 10.4. The highest BCUT2D eigenvalue weighted by Crippen LogP contribution is 2.39. The summed E-state index contributed by atoms with van der Waals surface area (Å²) in [7, 11) is 0. The predicted molar refractivity (Wildman–Crippen MR) is 144 cm³/mol. The second-order valence-corrected chi connectivity index (χ2v) is 10.2. The van der Waals surface area contributed by atoms with Gasteiger partial charge in [0, 0.05) is 36.3 Å². The van der Waals surface area contributed by atoms with E-state index < -0.39 is 11.7 Å². The van der Waals surface area contributed by atoms with Gasteiger partial charge in [0.15, 0.2) is 0 Å². The van der Waals surface area contributed by atoms with Crippen LogP contribution in [0, 0.1) is 5.92 Å². The summed E-state index contributed by atoms with van der Waals surface area (Å²) in [6.45, 7) is 9.48. The highest BCUT2D eigenvalue weighted by atomic mass is 19.4. The molecule has 1 amide bonds. The lowest BCUT2D eigenvalue weighted by atomic mass is 9.84. The van der Waals surface area contributed by atoms with Crippen LogP contribution in [-0.4, -0.2) is 29.0 Å². The van der Waals surface area contributed by atoms with E-state index in [1.54, 1.807) is 12.3 Å². The summed E-state index contributed by atoms with van der Waals surface area (Å²) in [5.74, 6) is 0.647. The zero-order chi connectivity index (χ0) is 27.0. The Labute approximate surface area is 219 Å². The van der Waals surface area contributed by atoms with Crippen molar-refractivity contribution in [2.24, 2.45) is 5.92 Å². The first-order chi connectivity index (χ1) is 17.7. The fourth-order valence-corrected chi connectivity index (χ4v) is 4.71. The zero-order valence-corrected chi connectivity index (χ0v) is 22.6. The summed E-state index contributed by atoms with van der Waals surface area (Å²) in [5.41, 5.74) is 0.869. The van der Waals surface area contributed by atoms with Crippen molar-refractivity contribution in [2.75, 3.05) is 23.3 Å². The summed E-state index contributed by atoms with van der Waals surface area (Å²) in [5, 5.41) is 2.97. The molecule has 1 atom stereocenters. The number of unbranched alkanes of at least 4 members (excludes halogenated alkanes) is 3. The number of nitrogens with one attached hydrogen (secondary N) is 1. The van der Waals surface area contributed by atoms with E-state index in [0.717, 1.165) is 69.4 Å². The molecular weight excluding hydrogens is 477 g/mol. The molecule has 1 saturated carbocycles. The van der Waals surface area contributed by atoms with Crippen molar-refractivity contribution in [3.05, 3.63) is 35.5 Å². The van der Waals surface area contributed by atoms with Crippen LogP contribution in [0.5, 0.6) is 0 Å². The molecule has 0 aromatic carbocycles. The molecule has 0 radical (unpaired) electrons. The fourth-order valence-electron chi connectivity index (χ4n) is 4.71. The molecule has 8 heteroatoms. The lowest BCUT2D eigenvalue weighted by molar-refractivity contribution is -0.137. The molecule has 1 unspecified atom stereocenters. The third kappa shape index (κ3) is 7.45. The number of halogens is 3. The van der Waals surface area contributed by atoms with E-state index in [2.05, 4.69) is 17.2 Å². The van der Waals surface area contributed by atoms with E-state index in [0.29, 0.717) is 30.3 Å². The molecule has 204 valence electrons. The van der Waals surface area contributed by atoms with Gasteiger partial charge >= 0.3 is 6.18 Å². The number of nitrogens with zero attached hydrogens (tertiary/aromatic N) is 3. The summed E-state index contributed by atoms with van der Waals surface area (Å²) < 4.78 is 42.2. The molecular formula is C29H41F3N4O. The number of pyridine rings is 2. The standard InChI is InChI=1S/C29H41F3N4O/c1-5-8-9-10-17-36(16-6-2)25-19-22(29(30,31)32)18-24(34-25)23-14-15-33-27(26(23)20(4)7-3)35-28(37)21-12-11-13-21/h14-15,18-21H,5-13,16-17H2,1-4H3,(H,33,35,37). The number of carbonyl (C=O) groups excluding carboxylic acids is 1. The van der Waals surface area contributed by atoms with E-state index in [-0.39, 0.29) is 23.4 Å². The van der Waals surface area contributed by atoms with Gasteiger partial charge in [-0.2, -0.15) is 13.2 Å². The Bertz CT molecular complexity index is 1040. The SMILES string of the molecule is CCCCCCN(CCC)c1cc(C(F)(F)F)cc(-c2ccnc(NC(=O)C3CCC3)c2C(C)CC)n1. The van der Waals surface area contributed by atoms with Crippen LogP contribution in [0.25, 0.3) is 11.3 Å². The Balaban J connectivity index is 2.09. The second kappa shape index (κ2) is 13.2. The third-order valence-corrected chi connectivity index (χ3v) is 7.33. The predicted octanol–water partition coefficient (Wildman–Crippen LogP) is 8.21. The monoisotopic (exact) mass is 518 g/mol. The summed E-state index contributed by atoms with van der Waals surface area (Å²) in [6.07, 6.45) is 5.50. The van der Waals surface area contributed by atoms with Crippen LogP contribution < -0.4 is 10.2 Å². The van der Waals surface area contributed by atoms with Crippen molar-refractivity contribution < 1.29 is 18.0 Å². The Hall–Kier alpha value is -2.64. The smallest absolute Gasteiger partial charge is 0.357 e. The van der Waals surface area contributed by atoms with E-state index in [4.69, 9.17) is 4.98 Å². The normalized spacial score (nSPS) is 14.8. The first-order valence-electron chi connectivity index (χ1n) is 13.8. The van der Waals surface area contributed by atoms with Gasteiger partial charge in [-0.15, -0.1) is 0 Å². The van der Waals surface area contributed by atoms with Gasteiger partial charge in [0.25, 0.3) is 0 Å². The van der Waals surface area contributed by atoms with Gasteiger partial charge < -0.3 is 10.2 Å². The molecule has 2 heterocycles. The summed E-state index contributed by atoms with van der Waals surface area (Å²) >= 11 is 0. The average Bonchev–Trinajstić information content (AvgIpc) is 2.83. The van der Waals surface area contributed by atoms with Gasteiger partial charge in [-0.25, -0.2) is 9.97 Å². The topological polar surface area (TPSA) is 58.1 Å². The van der Waals surface area contributed by atoms with Crippen molar-refractivity contribution in [3.8, 4) is 11.3 Å². The van der Waals surface area contributed by atoms with Crippen LogP contribution in [0.3, 0.4) is 0 Å². The maximum atomic E-state index is 14.1. The molecule has 2 aromatic heterocycles. The minimum absolute atomic E-state index is 0.0242. The van der Waals surface area contributed by atoms with Gasteiger partial charge in [0.1, 0.15) is 11.6 Å². The number of aromatic nitrogens is 2. The number of alkyl halides is 3. The summed E-state index contributed by atoms with van der Waals surface area (Å²) in [6, 6.07) is 4.02. The molecule has 0 spiro atoms. The van der Waals surface area contributed by atoms with Crippen LogP contribution in [0.4, 0.5) is 24.8 Å². The quantitative estimate of drug-likeness (QED) is 0.272. The fraction of sp³-hybridized carbons (Fsp3) is 0.621. The van der Waals surface area contributed by atoms with Crippen LogP contribution in [0.15, 0.2) is 24.4 Å². The van der Waals surface area contributed by atoms with Gasteiger partial charge in [-0.1, -0.05) is 53.4 Å². The molecule has 2 aromatic rings. The minimum Gasteiger partial charge on any atom is -0.357 e. The van der Waals surface area contributed by atoms with Crippen LogP contribution in [0.1, 0.15) is 103 Å². The van der Waals surface area contributed by atoms with E-state index in [1.165, 1.54) is 6.07 Å². The first kappa shape index (κ1) is 28.9. The molecule has 1 aliphatic rings. The van der Waals surface area contributed by atoms with Crippen molar-refractivity contribution in [1.29, 1.82) is 0 Å². The molecule has 1 fully saturated rings. The number of hydrogen-bond acceptors (Lipinski definition) is 4.